The van der Waals surface area contributed by atoms with Crippen LogP contribution in [0.4, 0.5) is 0 Å². The Bertz CT molecular complexity index is 1690. The first kappa shape index (κ1) is 44.1. The van der Waals surface area contributed by atoms with E-state index in [1.807, 2.05) is 54.6 Å². The molecule has 3 atom stereocenters. The standard InChI is InChI=1S/C41H56N10O5S/c42-39(43)48-23-10-20-32(37(54)51-27-12-22-34(51)36(53)50-33(38(55)56)21-11-24-49-40(44)45)46-25-13-26-47-35(52)28-57-41(29-14-4-1-5-15-29,30-16-6-2-7-17-30)31-18-8-3-9-19-31/h1-9,14-19,32-34,46H,10-13,20-28H2,(H,47,52)(H,50,53)(H,55,56)(H4,42,43,48)(H4,44,45,49)/t32-,33-,34-/m0/s1. The van der Waals surface area contributed by atoms with Crippen molar-refractivity contribution in [2.24, 2.45) is 32.9 Å². The number of aliphatic carboxylic acids is 1. The number of amides is 3. The van der Waals surface area contributed by atoms with Gasteiger partial charge in [-0.3, -0.25) is 24.4 Å². The molecule has 16 heteroatoms. The van der Waals surface area contributed by atoms with Gasteiger partial charge in [0.15, 0.2) is 11.9 Å². The number of carbonyl (C=O) groups excluding carboxylic acids is 3. The summed E-state index contributed by atoms with van der Waals surface area (Å²) in [6, 6.07) is 27.9. The minimum Gasteiger partial charge on any atom is -0.480 e. The second kappa shape index (κ2) is 22.8. The Morgan fingerprint density at radius 3 is 1.75 bits per heavy atom. The number of aliphatic imine (C=N–C) groups is 2. The van der Waals surface area contributed by atoms with Crippen LogP contribution in [-0.4, -0.2) is 102 Å². The highest BCUT2D eigenvalue weighted by Gasteiger charge is 2.39. The molecule has 1 saturated heterocycles. The Hall–Kier alpha value is -5.61. The van der Waals surface area contributed by atoms with E-state index in [-0.39, 0.29) is 42.5 Å². The van der Waals surface area contributed by atoms with Gasteiger partial charge in [0.25, 0.3) is 0 Å². The fraction of sp³-hybridized carbons (Fsp3) is 0.415. The van der Waals surface area contributed by atoms with Crippen molar-refractivity contribution in [1.82, 2.24) is 20.9 Å². The highest BCUT2D eigenvalue weighted by atomic mass is 32.2. The fourth-order valence-electron chi connectivity index (χ4n) is 6.93. The zero-order chi connectivity index (χ0) is 41.0. The molecule has 0 aromatic heterocycles. The molecule has 3 amide bonds. The number of carboxylic acid groups (broad SMARTS) is 1. The lowest BCUT2D eigenvalue weighted by molar-refractivity contribution is -0.144. The van der Waals surface area contributed by atoms with E-state index < -0.39 is 34.7 Å². The molecule has 0 aliphatic carbocycles. The first-order valence-electron chi connectivity index (χ1n) is 19.3. The van der Waals surface area contributed by atoms with Crippen molar-refractivity contribution in [2.45, 2.75) is 67.8 Å². The second-order valence-electron chi connectivity index (χ2n) is 13.8. The van der Waals surface area contributed by atoms with Crippen LogP contribution in [0.1, 0.15) is 61.6 Å². The zero-order valence-corrected chi connectivity index (χ0v) is 33.0. The molecule has 306 valence electrons. The number of rotatable bonds is 23. The summed E-state index contributed by atoms with van der Waals surface area (Å²) >= 11 is 1.56. The predicted molar refractivity (Wildman–Crippen MR) is 225 cm³/mol. The monoisotopic (exact) mass is 800 g/mol. The summed E-state index contributed by atoms with van der Waals surface area (Å²) in [6.45, 7) is 1.70. The molecule has 3 aromatic rings. The molecule has 0 unspecified atom stereocenters. The van der Waals surface area contributed by atoms with E-state index in [0.29, 0.717) is 64.7 Å². The van der Waals surface area contributed by atoms with Crippen LogP contribution in [0.3, 0.4) is 0 Å². The zero-order valence-electron chi connectivity index (χ0n) is 32.2. The molecule has 3 aromatic carbocycles. The van der Waals surface area contributed by atoms with Crippen molar-refractivity contribution < 1.29 is 24.3 Å². The number of likely N-dealkylation sites (tertiary alicyclic amines) is 1. The van der Waals surface area contributed by atoms with Crippen LogP contribution in [-0.2, 0) is 23.9 Å². The molecule has 1 aliphatic heterocycles. The van der Waals surface area contributed by atoms with Crippen molar-refractivity contribution >= 4 is 47.4 Å². The van der Waals surface area contributed by atoms with E-state index in [9.17, 15) is 24.3 Å². The summed E-state index contributed by atoms with van der Waals surface area (Å²) in [5.41, 5.74) is 24.9. The van der Waals surface area contributed by atoms with Crippen LogP contribution in [0.25, 0.3) is 0 Å². The van der Waals surface area contributed by atoms with Gasteiger partial charge in [-0.1, -0.05) is 91.0 Å². The van der Waals surface area contributed by atoms with E-state index in [4.69, 9.17) is 22.9 Å². The van der Waals surface area contributed by atoms with E-state index in [1.54, 1.807) is 11.8 Å². The molecule has 0 spiro atoms. The van der Waals surface area contributed by atoms with Gasteiger partial charge in [-0.2, -0.15) is 0 Å². The Kier molecular flexibility index (Phi) is 17.7. The number of nitrogens with zero attached hydrogens (tertiary/aromatic N) is 3. The smallest absolute Gasteiger partial charge is 0.326 e. The molecule has 12 N–H and O–H groups in total. The number of hydrogen-bond donors (Lipinski definition) is 8. The lowest BCUT2D eigenvalue weighted by atomic mass is 9.84. The Morgan fingerprint density at radius 2 is 1.26 bits per heavy atom. The second-order valence-corrected chi connectivity index (χ2v) is 15.0. The van der Waals surface area contributed by atoms with Gasteiger partial charge >= 0.3 is 5.97 Å². The van der Waals surface area contributed by atoms with E-state index >= 15 is 0 Å². The lowest BCUT2D eigenvalue weighted by Crippen LogP contribution is -2.54. The highest BCUT2D eigenvalue weighted by molar-refractivity contribution is 8.01. The van der Waals surface area contributed by atoms with Gasteiger partial charge in [-0.05, 0) is 68.2 Å². The molecule has 1 aliphatic rings. The molecule has 0 saturated carbocycles. The first-order chi connectivity index (χ1) is 27.5. The van der Waals surface area contributed by atoms with Gasteiger partial charge in [0, 0.05) is 26.2 Å². The molecular formula is C41H56N10O5S. The van der Waals surface area contributed by atoms with Gasteiger partial charge in [-0.25, -0.2) is 4.79 Å². The van der Waals surface area contributed by atoms with Gasteiger partial charge < -0.3 is 48.9 Å². The average molecular weight is 801 g/mol. The van der Waals surface area contributed by atoms with Gasteiger partial charge in [0.1, 0.15) is 12.1 Å². The molecular weight excluding hydrogens is 745 g/mol. The van der Waals surface area contributed by atoms with Gasteiger partial charge in [0.05, 0.1) is 16.5 Å². The van der Waals surface area contributed by atoms with Crippen LogP contribution in [0, 0.1) is 0 Å². The maximum Gasteiger partial charge on any atom is 0.326 e. The van der Waals surface area contributed by atoms with Crippen molar-refractivity contribution in [3.8, 4) is 0 Å². The third kappa shape index (κ3) is 13.2. The normalized spacial score (nSPS) is 14.9. The predicted octanol–water partition coefficient (Wildman–Crippen LogP) is 1.84. The minimum absolute atomic E-state index is 0.0455. The largest absolute Gasteiger partial charge is 0.480 e. The van der Waals surface area contributed by atoms with Gasteiger partial charge in [0.2, 0.25) is 17.7 Å². The topological polar surface area (TPSA) is 257 Å². The number of thioether (sulfide) groups is 1. The highest BCUT2D eigenvalue weighted by Crippen LogP contribution is 2.48. The average Bonchev–Trinajstić information content (AvgIpc) is 3.71. The maximum absolute atomic E-state index is 14.0. The minimum atomic E-state index is -1.18. The number of nitrogens with one attached hydrogen (secondary N) is 3. The summed E-state index contributed by atoms with van der Waals surface area (Å²) in [7, 11) is 0. The summed E-state index contributed by atoms with van der Waals surface area (Å²) < 4.78 is -0.623. The van der Waals surface area contributed by atoms with E-state index in [1.165, 1.54) is 4.90 Å². The van der Waals surface area contributed by atoms with E-state index in [2.05, 4.69) is 62.3 Å². The Balaban J connectivity index is 1.36. The summed E-state index contributed by atoms with van der Waals surface area (Å²) in [4.78, 5) is 62.0. The van der Waals surface area contributed by atoms with Crippen LogP contribution >= 0.6 is 11.8 Å². The van der Waals surface area contributed by atoms with Crippen molar-refractivity contribution in [3.63, 3.8) is 0 Å². The summed E-state index contributed by atoms with van der Waals surface area (Å²) in [6.07, 6.45) is 2.91. The number of hydrogen-bond acceptors (Lipinski definition) is 8. The molecule has 0 radical (unpaired) electrons. The molecule has 4 rings (SSSR count). The number of carboxylic acids is 1. The quantitative estimate of drug-likeness (QED) is 0.0297. The number of nitrogens with two attached hydrogens (primary N) is 4. The molecule has 1 fully saturated rings. The number of benzene rings is 3. The number of guanidine groups is 2. The Labute approximate surface area is 338 Å². The van der Waals surface area contributed by atoms with Crippen LogP contribution in [0.15, 0.2) is 101 Å². The van der Waals surface area contributed by atoms with Crippen LogP contribution < -0.4 is 38.9 Å². The first-order valence-corrected chi connectivity index (χ1v) is 20.3. The molecule has 1 heterocycles. The van der Waals surface area contributed by atoms with Crippen molar-refractivity contribution in [1.29, 1.82) is 0 Å². The maximum atomic E-state index is 14.0. The summed E-state index contributed by atoms with van der Waals surface area (Å²) in [5.74, 6) is -2.02. The molecule has 15 nitrogen and oxygen atoms in total. The lowest BCUT2D eigenvalue weighted by Gasteiger charge is -2.35. The third-order valence-electron chi connectivity index (χ3n) is 9.67. The third-order valence-corrected chi connectivity index (χ3v) is 11.2. The number of carbonyl (C=O) groups is 4. The van der Waals surface area contributed by atoms with Crippen molar-refractivity contribution in [3.05, 3.63) is 108 Å². The van der Waals surface area contributed by atoms with Crippen LogP contribution in [0.5, 0.6) is 0 Å². The Morgan fingerprint density at radius 1 is 0.754 bits per heavy atom. The van der Waals surface area contributed by atoms with Crippen LogP contribution in [0.2, 0.25) is 0 Å². The fourth-order valence-corrected chi connectivity index (χ4v) is 8.29. The van der Waals surface area contributed by atoms with Gasteiger partial charge in [-0.15, -0.1) is 11.8 Å². The SMILES string of the molecule is NC(N)=NCCC[C@H](NC(=O)[C@@H]1CCCN1C(=O)[C@H](CCCN=C(N)N)NCCCNC(=O)CSC(c1ccccc1)(c1ccccc1)c1ccccc1)C(=O)O. The summed E-state index contributed by atoms with van der Waals surface area (Å²) in [5, 5.41) is 18.7. The molecule has 57 heavy (non-hydrogen) atoms. The van der Waals surface area contributed by atoms with Crippen molar-refractivity contribution in [2.75, 3.05) is 38.5 Å². The molecule has 0 bridgehead atoms. The van der Waals surface area contributed by atoms with E-state index in [0.717, 1.165) is 16.7 Å².